The van der Waals surface area contributed by atoms with Crippen molar-refractivity contribution in [2.75, 3.05) is 31.5 Å². The molecule has 1 aliphatic rings. The highest BCUT2D eigenvalue weighted by atomic mass is 16.5. The van der Waals surface area contributed by atoms with Gasteiger partial charge in [-0.25, -0.2) is 9.78 Å². The zero-order valence-corrected chi connectivity index (χ0v) is 15.4. The van der Waals surface area contributed by atoms with E-state index in [1.54, 1.807) is 12.3 Å². The van der Waals surface area contributed by atoms with Crippen LogP contribution in [0.1, 0.15) is 19.4 Å². The smallest absolute Gasteiger partial charge is 0.322 e. The first kappa shape index (κ1) is 18.2. The van der Waals surface area contributed by atoms with Crippen LogP contribution >= 0.6 is 0 Å². The highest BCUT2D eigenvalue weighted by molar-refractivity contribution is 5.90. The number of carbonyl (C=O) groups excluding carboxylic acids is 1. The summed E-state index contributed by atoms with van der Waals surface area (Å²) in [6.45, 7) is 7.94. The molecule has 0 aliphatic carbocycles. The van der Waals surface area contributed by atoms with Gasteiger partial charge in [-0.15, -0.1) is 0 Å². The largest absolute Gasteiger partial charge is 0.473 e. The Kier molecular flexibility index (Phi) is 6.07. The van der Waals surface area contributed by atoms with Crippen molar-refractivity contribution in [3.8, 4) is 5.88 Å². The van der Waals surface area contributed by atoms with E-state index < -0.39 is 0 Å². The van der Waals surface area contributed by atoms with Crippen LogP contribution in [-0.4, -0.2) is 53.1 Å². The molecule has 26 heavy (non-hydrogen) atoms. The number of rotatable bonds is 5. The molecule has 1 aromatic heterocycles. The summed E-state index contributed by atoms with van der Waals surface area (Å²) in [5.41, 5.74) is 1.91. The average Bonchev–Trinajstić information content (AvgIpc) is 2.64. The third-order valence-electron chi connectivity index (χ3n) is 4.27. The van der Waals surface area contributed by atoms with Gasteiger partial charge in [0.25, 0.3) is 0 Å². The number of carbonyl (C=O) groups is 1. The third kappa shape index (κ3) is 4.95. The molecule has 3 rings (SSSR count). The van der Waals surface area contributed by atoms with Crippen LogP contribution in [0, 0.1) is 0 Å². The summed E-state index contributed by atoms with van der Waals surface area (Å²) in [5.74, 6) is 0.457. The Morgan fingerprint density at radius 2 is 1.85 bits per heavy atom. The van der Waals surface area contributed by atoms with Crippen molar-refractivity contribution in [3.05, 3.63) is 54.2 Å². The molecular formula is C20H26N4O2. The molecule has 2 heterocycles. The predicted molar refractivity (Wildman–Crippen MR) is 102 cm³/mol. The fourth-order valence-corrected chi connectivity index (χ4v) is 2.95. The average molecular weight is 354 g/mol. The van der Waals surface area contributed by atoms with Gasteiger partial charge in [0.2, 0.25) is 5.88 Å². The van der Waals surface area contributed by atoms with Crippen molar-refractivity contribution in [2.45, 2.75) is 26.5 Å². The number of hydrogen-bond acceptors (Lipinski definition) is 4. The molecule has 0 atom stereocenters. The lowest BCUT2D eigenvalue weighted by Gasteiger charge is -2.34. The summed E-state index contributed by atoms with van der Waals surface area (Å²) in [7, 11) is 0. The number of aromatic nitrogens is 1. The first-order valence-corrected chi connectivity index (χ1v) is 9.05. The summed E-state index contributed by atoms with van der Waals surface area (Å²) in [4.78, 5) is 21.0. The Hall–Kier alpha value is -2.60. The highest BCUT2D eigenvalue weighted by Gasteiger charge is 2.22. The maximum Gasteiger partial charge on any atom is 0.322 e. The summed E-state index contributed by atoms with van der Waals surface area (Å²) in [5, 5.41) is 2.93. The van der Waals surface area contributed by atoms with Crippen molar-refractivity contribution < 1.29 is 9.53 Å². The van der Waals surface area contributed by atoms with Crippen LogP contribution in [0.4, 0.5) is 10.5 Å². The second kappa shape index (κ2) is 8.67. The van der Waals surface area contributed by atoms with Gasteiger partial charge in [-0.3, -0.25) is 4.90 Å². The molecule has 1 aliphatic heterocycles. The monoisotopic (exact) mass is 354 g/mol. The Morgan fingerprint density at radius 1 is 1.12 bits per heavy atom. The molecule has 2 amide bonds. The van der Waals surface area contributed by atoms with Crippen molar-refractivity contribution in [1.82, 2.24) is 14.8 Å². The standard InChI is InChI=1S/C20H26N4O2/c1-16(2)26-19-18(9-6-10-21-19)22-20(25)24-13-11-23(12-14-24)15-17-7-4-3-5-8-17/h3-10,16H,11-15H2,1-2H3,(H,22,25). The number of nitrogens with zero attached hydrogens (tertiary/aromatic N) is 3. The number of urea groups is 1. The number of piperazine rings is 1. The number of anilines is 1. The molecule has 1 N–H and O–H groups in total. The van der Waals surface area contributed by atoms with Crippen LogP contribution in [0.25, 0.3) is 0 Å². The van der Waals surface area contributed by atoms with Crippen molar-refractivity contribution >= 4 is 11.7 Å². The molecule has 6 heteroatoms. The summed E-state index contributed by atoms with van der Waals surface area (Å²) >= 11 is 0. The number of nitrogens with one attached hydrogen (secondary N) is 1. The molecule has 0 spiro atoms. The molecule has 1 aromatic carbocycles. The summed E-state index contributed by atoms with van der Waals surface area (Å²) in [6, 6.07) is 13.9. The van der Waals surface area contributed by atoms with Crippen molar-refractivity contribution in [3.63, 3.8) is 0 Å². The van der Waals surface area contributed by atoms with E-state index >= 15 is 0 Å². The minimum absolute atomic E-state index is 0.00193. The third-order valence-corrected chi connectivity index (χ3v) is 4.27. The molecule has 6 nitrogen and oxygen atoms in total. The molecule has 0 bridgehead atoms. The Labute approximate surface area is 154 Å². The van der Waals surface area contributed by atoms with Crippen LogP contribution in [0.15, 0.2) is 48.7 Å². The van der Waals surface area contributed by atoms with Crippen molar-refractivity contribution in [2.24, 2.45) is 0 Å². The van der Waals surface area contributed by atoms with Crippen LogP contribution in [-0.2, 0) is 6.54 Å². The number of ether oxygens (including phenoxy) is 1. The second-order valence-corrected chi connectivity index (χ2v) is 6.70. The van der Waals surface area contributed by atoms with Gasteiger partial charge in [0.05, 0.1) is 6.10 Å². The summed E-state index contributed by atoms with van der Waals surface area (Å²) in [6.07, 6.45) is 1.66. The van der Waals surface area contributed by atoms with Crippen molar-refractivity contribution in [1.29, 1.82) is 0 Å². The lowest BCUT2D eigenvalue weighted by Crippen LogP contribution is -2.49. The number of hydrogen-bond donors (Lipinski definition) is 1. The van der Waals surface area contributed by atoms with Gasteiger partial charge in [-0.2, -0.15) is 0 Å². The topological polar surface area (TPSA) is 57.7 Å². The molecule has 0 saturated carbocycles. The first-order valence-electron chi connectivity index (χ1n) is 9.05. The Morgan fingerprint density at radius 3 is 2.54 bits per heavy atom. The first-order chi connectivity index (χ1) is 12.6. The minimum Gasteiger partial charge on any atom is -0.473 e. The zero-order valence-electron chi connectivity index (χ0n) is 15.4. The van der Waals surface area contributed by atoms with Gasteiger partial charge in [-0.1, -0.05) is 30.3 Å². The van der Waals surface area contributed by atoms with Crippen LogP contribution in [0.5, 0.6) is 5.88 Å². The number of amides is 2. The molecule has 1 saturated heterocycles. The molecule has 2 aromatic rings. The normalized spacial score (nSPS) is 15.1. The fourth-order valence-electron chi connectivity index (χ4n) is 2.95. The number of pyridine rings is 1. The van der Waals surface area contributed by atoms with Crippen LogP contribution in [0.3, 0.4) is 0 Å². The minimum atomic E-state index is -0.106. The quantitative estimate of drug-likeness (QED) is 0.896. The Bertz CT molecular complexity index is 713. The fraction of sp³-hybridized carbons (Fsp3) is 0.400. The van der Waals surface area contributed by atoms with Gasteiger partial charge in [-0.05, 0) is 31.5 Å². The maximum atomic E-state index is 12.6. The lowest BCUT2D eigenvalue weighted by molar-refractivity contribution is 0.143. The van der Waals surface area contributed by atoms with Gasteiger partial charge in [0.1, 0.15) is 5.69 Å². The summed E-state index contributed by atoms with van der Waals surface area (Å²) < 4.78 is 5.66. The molecular weight excluding hydrogens is 328 g/mol. The zero-order chi connectivity index (χ0) is 18.4. The van der Waals surface area contributed by atoms with E-state index in [1.807, 2.05) is 30.9 Å². The molecule has 0 radical (unpaired) electrons. The van der Waals surface area contributed by atoms with E-state index in [0.29, 0.717) is 24.7 Å². The molecule has 0 unspecified atom stereocenters. The van der Waals surface area contributed by atoms with E-state index in [4.69, 9.17) is 4.74 Å². The van der Waals surface area contributed by atoms with E-state index in [-0.39, 0.29) is 12.1 Å². The van der Waals surface area contributed by atoms with E-state index in [2.05, 4.69) is 39.5 Å². The lowest BCUT2D eigenvalue weighted by atomic mass is 10.2. The van der Waals surface area contributed by atoms with E-state index in [0.717, 1.165) is 19.6 Å². The van der Waals surface area contributed by atoms with Gasteiger partial charge < -0.3 is 15.0 Å². The predicted octanol–water partition coefficient (Wildman–Crippen LogP) is 3.22. The number of benzene rings is 1. The van der Waals surface area contributed by atoms with E-state index in [1.165, 1.54) is 5.56 Å². The van der Waals surface area contributed by atoms with Crippen LogP contribution < -0.4 is 10.1 Å². The SMILES string of the molecule is CC(C)Oc1ncccc1NC(=O)N1CCN(Cc2ccccc2)CC1. The second-order valence-electron chi connectivity index (χ2n) is 6.70. The van der Waals surface area contributed by atoms with Gasteiger partial charge in [0, 0.05) is 38.9 Å². The molecule has 1 fully saturated rings. The van der Waals surface area contributed by atoms with Crippen LogP contribution in [0.2, 0.25) is 0 Å². The molecule has 138 valence electrons. The Balaban J connectivity index is 1.53. The van der Waals surface area contributed by atoms with E-state index in [9.17, 15) is 4.79 Å². The van der Waals surface area contributed by atoms with Gasteiger partial charge in [0.15, 0.2) is 0 Å². The highest BCUT2D eigenvalue weighted by Crippen LogP contribution is 2.22. The van der Waals surface area contributed by atoms with Gasteiger partial charge >= 0.3 is 6.03 Å². The maximum absolute atomic E-state index is 12.6.